The van der Waals surface area contributed by atoms with E-state index in [-0.39, 0.29) is 47.5 Å². The van der Waals surface area contributed by atoms with E-state index in [4.69, 9.17) is 0 Å². The van der Waals surface area contributed by atoms with Crippen LogP contribution in [0.1, 0.15) is 32.3 Å². The lowest BCUT2D eigenvalue weighted by molar-refractivity contribution is -0.144. The molecule has 0 radical (unpaired) electrons. The smallest absolute Gasteiger partial charge is 0.251 e. The number of anilines is 2. The fraction of sp³-hybridized carbons (Fsp3) is 0.472. The molecule has 3 amide bonds. The molecule has 1 spiro atoms. The van der Waals surface area contributed by atoms with Crippen LogP contribution in [0.4, 0.5) is 11.4 Å². The Morgan fingerprint density at radius 2 is 1.67 bits per heavy atom. The van der Waals surface area contributed by atoms with Gasteiger partial charge in [-0.25, -0.2) is 0 Å². The van der Waals surface area contributed by atoms with Crippen molar-refractivity contribution in [2.45, 2.75) is 54.1 Å². The lowest BCUT2D eigenvalue weighted by atomic mass is 9.70. The number of hydrogen-bond donors (Lipinski definition) is 1. The van der Waals surface area contributed by atoms with Crippen molar-refractivity contribution in [1.29, 1.82) is 0 Å². The first-order valence-corrected chi connectivity index (χ1v) is 18.0. The number of halogens is 1. The predicted octanol–water partition coefficient (Wildman–Crippen LogP) is 5.11. The van der Waals surface area contributed by atoms with E-state index in [1.807, 2.05) is 54.6 Å². The molecule has 10 heteroatoms. The average Bonchev–Trinajstić information content (AvgIpc) is 3.66. The van der Waals surface area contributed by atoms with Crippen LogP contribution in [0, 0.1) is 11.8 Å². The predicted molar refractivity (Wildman–Crippen MR) is 190 cm³/mol. The van der Waals surface area contributed by atoms with E-state index < -0.39 is 22.6 Å². The van der Waals surface area contributed by atoms with E-state index in [2.05, 4.69) is 47.8 Å². The Labute approximate surface area is 285 Å². The number of hydrogen-bond acceptors (Lipinski definition) is 6. The summed E-state index contributed by atoms with van der Waals surface area (Å²) in [4.78, 5) is 51.2. The third-order valence-electron chi connectivity index (χ3n) is 9.61. The molecule has 6 atom stereocenters. The van der Waals surface area contributed by atoms with Gasteiger partial charge >= 0.3 is 0 Å². The quantitative estimate of drug-likeness (QED) is 0.205. The highest BCUT2D eigenvalue weighted by Crippen LogP contribution is 2.68. The summed E-state index contributed by atoms with van der Waals surface area (Å²) in [7, 11) is 0. The molecular weight excluding hydrogens is 664 g/mol. The Balaban J connectivity index is 1.52. The molecule has 0 aliphatic carbocycles. The van der Waals surface area contributed by atoms with Gasteiger partial charge in [-0.05, 0) is 56.5 Å². The largest absolute Gasteiger partial charge is 0.396 e. The molecular formula is C36H45BrN4O4S. The van der Waals surface area contributed by atoms with Crippen molar-refractivity contribution in [2.75, 3.05) is 49.1 Å². The van der Waals surface area contributed by atoms with Crippen LogP contribution in [-0.2, 0) is 20.9 Å². The summed E-state index contributed by atoms with van der Waals surface area (Å²) in [6.07, 6.45) is 4.37. The molecule has 246 valence electrons. The Hall–Kier alpha value is -3.08. The van der Waals surface area contributed by atoms with Gasteiger partial charge in [-0.3, -0.25) is 14.4 Å². The van der Waals surface area contributed by atoms with Crippen LogP contribution in [-0.4, -0.2) is 92.8 Å². The number of benzene rings is 2. The van der Waals surface area contributed by atoms with Gasteiger partial charge in [0.2, 0.25) is 11.8 Å². The molecule has 0 aromatic heterocycles. The summed E-state index contributed by atoms with van der Waals surface area (Å²) < 4.78 is -0.782. The molecule has 3 heterocycles. The fourth-order valence-corrected chi connectivity index (χ4v) is 11.2. The topological polar surface area (TPSA) is 84.4 Å². The molecule has 2 aromatic carbocycles. The fourth-order valence-electron chi connectivity index (χ4n) is 7.61. The first-order chi connectivity index (χ1) is 22.3. The zero-order valence-corrected chi connectivity index (χ0v) is 29.2. The molecule has 5 rings (SSSR count). The van der Waals surface area contributed by atoms with Crippen LogP contribution < -0.4 is 9.80 Å². The van der Waals surface area contributed by atoms with E-state index in [0.717, 1.165) is 30.0 Å². The number of aliphatic hydroxyl groups excluding tert-OH is 1. The van der Waals surface area contributed by atoms with Crippen molar-refractivity contribution in [3.8, 4) is 0 Å². The lowest BCUT2D eigenvalue weighted by Gasteiger charge is -2.38. The summed E-state index contributed by atoms with van der Waals surface area (Å²) in [5.41, 5.74) is 2.81. The van der Waals surface area contributed by atoms with Crippen molar-refractivity contribution >= 4 is 56.8 Å². The first kappa shape index (κ1) is 34.3. The summed E-state index contributed by atoms with van der Waals surface area (Å²) >= 11 is 5.51. The number of nitrogens with zero attached hydrogens (tertiary/aromatic N) is 4. The van der Waals surface area contributed by atoms with E-state index in [0.29, 0.717) is 25.9 Å². The summed E-state index contributed by atoms with van der Waals surface area (Å²) in [6.45, 7) is 15.0. The highest BCUT2D eigenvalue weighted by atomic mass is 79.9. The third-order valence-corrected chi connectivity index (χ3v) is 12.8. The van der Waals surface area contributed by atoms with Gasteiger partial charge in [0.05, 0.1) is 16.6 Å². The van der Waals surface area contributed by atoms with Gasteiger partial charge in [0, 0.05) is 67.3 Å². The van der Waals surface area contributed by atoms with E-state index in [1.54, 1.807) is 38.6 Å². The number of rotatable bonds is 15. The minimum Gasteiger partial charge on any atom is -0.396 e. The second kappa shape index (κ2) is 14.8. The summed E-state index contributed by atoms with van der Waals surface area (Å²) in [5.74, 6) is -1.67. The molecule has 3 aliphatic rings. The lowest BCUT2D eigenvalue weighted by Crippen LogP contribution is -2.56. The van der Waals surface area contributed by atoms with Crippen LogP contribution in [0.15, 0.2) is 79.9 Å². The molecule has 46 heavy (non-hydrogen) atoms. The van der Waals surface area contributed by atoms with Gasteiger partial charge in [-0.2, -0.15) is 0 Å². The van der Waals surface area contributed by atoms with E-state index in [1.165, 1.54) is 0 Å². The monoisotopic (exact) mass is 708 g/mol. The first-order valence-electron chi connectivity index (χ1n) is 16.2. The second-order valence-electron chi connectivity index (χ2n) is 12.2. The van der Waals surface area contributed by atoms with Crippen LogP contribution in [0.25, 0.3) is 0 Å². The zero-order chi connectivity index (χ0) is 33.0. The Morgan fingerprint density at radius 1 is 1.02 bits per heavy atom. The summed E-state index contributed by atoms with van der Waals surface area (Å²) in [6, 6.07) is 17.0. The van der Waals surface area contributed by atoms with Crippen molar-refractivity contribution in [3.05, 3.63) is 85.5 Å². The minimum atomic E-state index is -0.784. The normalized spacial score (nSPS) is 26.1. The Morgan fingerprint density at radius 3 is 2.28 bits per heavy atom. The number of amides is 3. The molecule has 3 aliphatic heterocycles. The van der Waals surface area contributed by atoms with Crippen LogP contribution in [0.2, 0.25) is 0 Å². The third kappa shape index (κ3) is 6.16. The Bertz CT molecular complexity index is 1420. The molecule has 3 saturated heterocycles. The molecule has 2 aromatic rings. The molecule has 3 unspecified atom stereocenters. The van der Waals surface area contributed by atoms with Crippen LogP contribution >= 0.6 is 27.7 Å². The van der Waals surface area contributed by atoms with Gasteiger partial charge in [0.25, 0.3) is 5.91 Å². The molecule has 8 nitrogen and oxygen atoms in total. The highest BCUT2D eigenvalue weighted by molar-refractivity contribution is 9.09. The number of carbonyl (C=O) groups excluding carboxylic acids is 3. The van der Waals surface area contributed by atoms with Gasteiger partial charge in [0.1, 0.15) is 6.04 Å². The molecule has 1 N–H and O–H groups in total. The van der Waals surface area contributed by atoms with Gasteiger partial charge in [-0.1, -0.05) is 58.4 Å². The van der Waals surface area contributed by atoms with Gasteiger partial charge in [-0.15, -0.1) is 24.9 Å². The average molecular weight is 710 g/mol. The SMILES string of the molecule is C=CCN(Cc1ccccc1)C(=O)[C@H]1[C@H]2C(=O)N(CCCO)C(C(=O)N(CC=C)c3ccc(N(CC)CC)cc3)C23CC(Br)[C@@H]1S3. The van der Waals surface area contributed by atoms with E-state index in [9.17, 15) is 19.5 Å². The number of aliphatic hydroxyl groups is 1. The molecule has 0 saturated carbocycles. The van der Waals surface area contributed by atoms with Crippen LogP contribution in [0.5, 0.6) is 0 Å². The van der Waals surface area contributed by atoms with Crippen LogP contribution in [0.3, 0.4) is 0 Å². The molecule has 2 bridgehead atoms. The van der Waals surface area contributed by atoms with Crippen molar-refractivity contribution in [3.63, 3.8) is 0 Å². The van der Waals surface area contributed by atoms with Crippen molar-refractivity contribution in [2.24, 2.45) is 11.8 Å². The zero-order valence-electron chi connectivity index (χ0n) is 26.8. The van der Waals surface area contributed by atoms with Crippen molar-refractivity contribution in [1.82, 2.24) is 9.80 Å². The number of fused-ring (bicyclic) bond motifs is 1. The number of alkyl halides is 1. The summed E-state index contributed by atoms with van der Waals surface area (Å²) in [5, 5.41) is 9.62. The second-order valence-corrected chi connectivity index (χ2v) is 14.9. The highest BCUT2D eigenvalue weighted by Gasteiger charge is 2.76. The standard InChI is InChI=1S/C36H45BrN4O4S/c1-5-19-39(24-25-13-10-9-11-14-25)33(43)29-30-34(44)41(21-12-22-42)32(36(30)23-28(37)31(29)46-36)35(45)40(20-6-2)27-17-15-26(16-18-27)38(7-3)8-4/h5-6,9-11,13-18,28-32,42H,1-2,7-8,12,19-24H2,3-4H3/t28?,29-,30-,31-,32?,36?/m0/s1. The van der Waals surface area contributed by atoms with Gasteiger partial charge in [0.15, 0.2) is 0 Å². The number of likely N-dealkylation sites (tertiary alicyclic amines) is 1. The Kier molecular flexibility index (Phi) is 11.0. The number of carbonyl (C=O) groups is 3. The minimum absolute atomic E-state index is 0.0351. The maximum absolute atomic E-state index is 14.8. The van der Waals surface area contributed by atoms with E-state index >= 15 is 0 Å². The van der Waals surface area contributed by atoms with Crippen molar-refractivity contribution < 1.29 is 19.5 Å². The maximum Gasteiger partial charge on any atom is 0.251 e. The van der Waals surface area contributed by atoms with Gasteiger partial charge < -0.3 is 24.7 Å². The molecule has 3 fully saturated rings. The number of thioether (sulfide) groups is 1. The maximum atomic E-state index is 14.8.